The molecular weight excluding hydrogens is 460 g/mol. The Hall–Kier alpha value is -1.75. The predicted molar refractivity (Wildman–Crippen MR) is 126 cm³/mol. The van der Waals surface area contributed by atoms with E-state index in [0.29, 0.717) is 44.3 Å². The van der Waals surface area contributed by atoms with Gasteiger partial charge in [-0.15, -0.1) is 10.2 Å². The van der Waals surface area contributed by atoms with Gasteiger partial charge in [0.15, 0.2) is 11.0 Å². The third-order valence-corrected chi connectivity index (χ3v) is 9.97. The summed E-state index contributed by atoms with van der Waals surface area (Å²) < 4.78 is 35.4. The molecule has 0 N–H and O–H groups in total. The summed E-state index contributed by atoms with van der Waals surface area (Å²) in [5.74, 6) is 0.985. The number of benzene rings is 1. The molecule has 3 fully saturated rings. The Morgan fingerprint density at radius 1 is 1.00 bits per heavy atom. The third-order valence-electron chi connectivity index (χ3n) is 6.80. The molecule has 1 aromatic carbocycles. The topological polar surface area (TPSA) is 94.4 Å². The van der Waals surface area contributed by atoms with Gasteiger partial charge >= 0.3 is 0 Å². The number of carbonyl (C=O) groups is 1. The smallest absolute Gasteiger partial charge is 0.243 e. The maximum absolute atomic E-state index is 13.2. The Morgan fingerprint density at radius 3 is 2.52 bits per heavy atom. The summed E-state index contributed by atoms with van der Waals surface area (Å²) in [5, 5.41) is 9.71. The summed E-state index contributed by atoms with van der Waals surface area (Å²) in [6.45, 7) is 1.55. The van der Waals surface area contributed by atoms with E-state index >= 15 is 0 Å². The highest BCUT2D eigenvalue weighted by Crippen LogP contribution is 2.39. The van der Waals surface area contributed by atoms with Crippen molar-refractivity contribution in [3.05, 3.63) is 24.3 Å². The number of aromatic nitrogens is 3. The van der Waals surface area contributed by atoms with E-state index in [1.807, 2.05) is 6.07 Å². The lowest BCUT2D eigenvalue weighted by molar-refractivity contribution is -0.119. The van der Waals surface area contributed by atoms with Crippen LogP contribution in [0.5, 0.6) is 0 Å². The molecule has 8 nitrogen and oxygen atoms in total. The number of ether oxygens (including phenoxy) is 1. The number of Topliss-reactive ketones (excluding diaryl/α,β-unsaturated/α-hetero) is 1. The first-order valence-corrected chi connectivity index (χ1v) is 14.2. The molecule has 2 saturated carbocycles. The SMILES string of the molecule is O=C1CCCCC1Sc1nnc(-c2cccc(S(=O)(=O)N3CCOCC3)c2)n1C1CCCC1. The summed E-state index contributed by atoms with van der Waals surface area (Å²) in [7, 11) is -3.60. The minimum Gasteiger partial charge on any atom is -0.379 e. The molecule has 2 aliphatic carbocycles. The van der Waals surface area contributed by atoms with Gasteiger partial charge < -0.3 is 4.74 Å². The first kappa shape index (κ1) is 23.0. The first-order valence-electron chi connectivity index (χ1n) is 11.9. The molecule has 5 rings (SSSR count). The van der Waals surface area contributed by atoms with Crippen molar-refractivity contribution < 1.29 is 17.9 Å². The van der Waals surface area contributed by atoms with Crippen LogP contribution in [-0.2, 0) is 19.6 Å². The Labute approximate surface area is 199 Å². The van der Waals surface area contributed by atoms with Gasteiger partial charge in [-0.2, -0.15) is 4.31 Å². The highest BCUT2D eigenvalue weighted by atomic mass is 32.2. The molecule has 3 aliphatic rings. The molecule has 1 aliphatic heterocycles. The van der Waals surface area contributed by atoms with Gasteiger partial charge in [0, 0.05) is 31.1 Å². The molecule has 2 aromatic rings. The van der Waals surface area contributed by atoms with Crippen LogP contribution in [0.25, 0.3) is 11.4 Å². The van der Waals surface area contributed by atoms with Crippen molar-refractivity contribution >= 4 is 27.6 Å². The van der Waals surface area contributed by atoms with Crippen LogP contribution in [0.1, 0.15) is 57.4 Å². The minimum absolute atomic E-state index is 0.0658. The monoisotopic (exact) mass is 490 g/mol. The Bertz CT molecular complexity index is 1110. The number of ketones is 1. The zero-order valence-electron chi connectivity index (χ0n) is 18.7. The summed E-state index contributed by atoms with van der Waals surface area (Å²) in [5.41, 5.74) is 0.741. The van der Waals surface area contributed by atoms with E-state index in [1.165, 1.54) is 16.1 Å². The maximum Gasteiger partial charge on any atom is 0.243 e. The summed E-state index contributed by atoms with van der Waals surface area (Å²) in [6, 6.07) is 7.29. The zero-order chi connectivity index (χ0) is 22.8. The van der Waals surface area contributed by atoms with Crippen molar-refractivity contribution in [2.75, 3.05) is 26.3 Å². The number of hydrogen-bond acceptors (Lipinski definition) is 7. The van der Waals surface area contributed by atoms with Crippen molar-refractivity contribution in [3.8, 4) is 11.4 Å². The van der Waals surface area contributed by atoms with Crippen LogP contribution < -0.4 is 0 Å². The number of thioether (sulfide) groups is 1. The molecule has 1 unspecified atom stereocenters. The van der Waals surface area contributed by atoms with E-state index < -0.39 is 10.0 Å². The fourth-order valence-corrected chi connectivity index (χ4v) is 7.66. The average Bonchev–Trinajstić information content (AvgIpc) is 3.51. The molecule has 10 heteroatoms. The Balaban J connectivity index is 1.49. The van der Waals surface area contributed by atoms with Crippen molar-refractivity contribution in [1.82, 2.24) is 19.1 Å². The van der Waals surface area contributed by atoms with Gasteiger partial charge in [0.1, 0.15) is 5.78 Å². The fraction of sp³-hybridized carbons (Fsp3) is 0.609. The first-order chi connectivity index (χ1) is 16.0. The number of carbonyl (C=O) groups excluding carboxylic acids is 1. The van der Waals surface area contributed by atoms with E-state index in [9.17, 15) is 13.2 Å². The molecule has 33 heavy (non-hydrogen) atoms. The molecular formula is C23H30N4O4S2. The van der Waals surface area contributed by atoms with Crippen LogP contribution >= 0.6 is 11.8 Å². The van der Waals surface area contributed by atoms with Crippen molar-refractivity contribution in [3.63, 3.8) is 0 Å². The van der Waals surface area contributed by atoms with Gasteiger partial charge in [0.05, 0.1) is 23.4 Å². The van der Waals surface area contributed by atoms with Gasteiger partial charge in [-0.3, -0.25) is 9.36 Å². The minimum atomic E-state index is -3.60. The van der Waals surface area contributed by atoms with Gasteiger partial charge in [-0.1, -0.05) is 43.2 Å². The van der Waals surface area contributed by atoms with E-state index in [4.69, 9.17) is 4.74 Å². The van der Waals surface area contributed by atoms with Crippen molar-refractivity contribution in [2.45, 2.75) is 72.7 Å². The van der Waals surface area contributed by atoms with Gasteiger partial charge in [0.2, 0.25) is 10.0 Å². The average molecular weight is 491 g/mol. The highest BCUT2D eigenvalue weighted by molar-refractivity contribution is 8.00. The Kier molecular flexibility index (Phi) is 6.87. The molecule has 0 radical (unpaired) electrons. The maximum atomic E-state index is 13.2. The molecule has 178 valence electrons. The molecule has 2 heterocycles. The van der Waals surface area contributed by atoms with E-state index in [0.717, 1.165) is 55.7 Å². The molecule has 0 bridgehead atoms. The largest absolute Gasteiger partial charge is 0.379 e. The van der Waals surface area contributed by atoms with Gasteiger partial charge in [-0.25, -0.2) is 8.42 Å². The summed E-state index contributed by atoms with van der Waals surface area (Å²) >= 11 is 1.53. The fourth-order valence-electron chi connectivity index (χ4n) is 4.98. The van der Waals surface area contributed by atoms with Gasteiger partial charge in [0.25, 0.3) is 0 Å². The van der Waals surface area contributed by atoms with Gasteiger partial charge in [-0.05, 0) is 37.8 Å². The second-order valence-corrected chi connectivity index (χ2v) is 12.1. The second kappa shape index (κ2) is 9.85. The molecule has 0 spiro atoms. The van der Waals surface area contributed by atoms with Crippen LogP contribution in [-0.4, -0.2) is 64.8 Å². The zero-order valence-corrected chi connectivity index (χ0v) is 20.3. The van der Waals surface area contributed by atoms with Crippen molar-refractivity contribution in [2.24, 2.45) is 0 Å². The number of morpholine rings is 1. The van der Waals surface area contributed by atoms with Crippen molar-refractivity contribution in [1.29, 1.82) is 0 Å². The van der Waals surface area contributed by atoms with Crippen LogP contribution in [0.3, 0.4) is 0 Å². The normalized spacial score (nSPS) is 23.3. The molecule has 1 aromatic heterocycles. The summed E-state index contributed by atoms with van der Waals surface area (Å²) in [6.07, 6.45) is 7.95. The Morgan fingerprint density at radius 2 is 1.76 bits per heavy atom. The predicted octanol–water partition coefficient (Wildman–Crippen LogP) is 3.68. The number of sulfonamides is 1. The van der Waals surface area contributed by atoms with E-state index in [-0.39, 0.29) is 16.2 Å². The lowest BCUT2D eigenvalue weighted by atomic mass is 9.99. The number of nitrogens with zero attached hydrogens (tertiary/aromatic N) is 4. The molecule has 1 atom stereocenters. The number of hydrogen-bond donors (Lipinski definition) is 0. The lowest BCUT2D eigenvalue weighted by Crippen LogP contribution is -2.40. The van der Waals surface area contributed by atoms with E-state index in [1.54, 1.807) is 18.2 Å². The molecule has 0 amide bonds. The van der Waals surface area contributed by atoms with E-state index in [2.05, 4.69) is 14.8 Å². The van der Waals surface area contributed by atoms with Crippen LogP contribution in [0.4, 0.5) is 0 Å². The summed E-state index contributed by atoms with van der Waals surface area (Å²) in [4.78, 5) is 12.7. The number of rotatable bonds is 6. The highest BCUT2D eigenvalue weighted by Gasteiger charge is 2.31. The van der Waals surface area contributed by atoms with Crippen LogP contribution in [0.2, 0.25) is 0 Å². The van der Waals surface area contributed by atoms with Crippen LogP contribution in [0, 0.1) is 0 Å². The standard InChI is InChI=1S/C23H30N4O4S2/c28-20-10-3-4-11-21(20)32-23-25-24-22(27(23)18-7-1-2-8-18)17-6-5-9-19(16-17)33(29,30)26-12-14-31-15-13-26/h5-6,9,16,18,21H,1-4,7-8,10-15H2. The quantitative estimate of drug-likeness (QED) is 0.610. The lowest BCUT2D eigenvalue weighted by Gasteiger charge is -2.26. The third kappa shape index (κ3) is 4.76. The molecule has 1 saturated heterocycles. The van der Waals surface area contributed by atoms with Crippen LogP contribution in [0.15, 0.2) is 34.3 Å². The second-order valence-electron chi connectivity index (χ2n) is 8.98.